The van der Waals surface area contributed by atoms with E-state index in [1.165, 1.54) is 13.8 Å². The van der Waals surface area contributed by atoms with E-state index < -0.39 is 19.7 Å². The summed E-state index contributed by atoms with van der Waals surface area (Å²) in [6, 6.07) is 0. The molecule has 1 rings (SSSR count). The van der Waals surface area contributed by atoms with Crippen molar-refractivity contribution in [2.45, 2.75) is 31.4 Å². The number of likely N-dealkylation sites (tertiary alicyclic amines) is 1. The fraction of sp³-hybridized carbons (Fsp3) is 0.875. The first-order valence-electron chi connectivity index (χ1n) is 4.50. The van der Waals surface area contributed by atoms with Gasteiger partial charge in [0.15, 0.2) is 4.75 Å². The van der Waals surface area contributed by atoms with Crippen molar-refractivity contribution in [3.8, 4) is 0 Å². The third-order valence-electron chi connectivity index (χ3n) is 2.52. The summed E-state index contributed by atoms with van der Waals surface area (Å²) in [7, 11) is 1.36. The second-order valence-corrected chi connectivity index (χ2v) is 7.06. The van der Waals surface area contributed by atoms with Crippen molar-refractivity contribution in [2.75, 3.05) is 13.1 Å². The first-order valence-corrected chi connectivity index (χ1v) is 6.81. The Kier molecular flexibility index (Phi) is 3.11. The van der Waals surface area contributed by atoms with Crippen molar-refractivity contribution in [1.82, 2.24) is 4.90 Å². The van der Waals surface area contributed by atoms with Crippen LogP contribution >= 0.6 is 10.7 Å². The lowest BCUT2D eigenvalue weighted by Crippen LogP contribution is -2.47. The summed E-state index contributed by atoms with van der Waals surface area (Å²) >= 11 is 0. The molecule has 82 valence electrons. The highest BCUT2D eigenvalue weighted by atomic mass is 35.7. The van der Waals surface area contributed by atoms with Crippen LogP contribution in [0.4, 0.5) is 0 Å². The Morgan fingerprint density at radius 1 is 1.29 bits per heavy atom. The lowest BCUT2D eigenvalue weighted by atomic mass is 10.2. The second kappa shape index (κ2) is 3.70. The van der Waals surface area contributed by atoms with Gasteiger partial charge in [-0.15, -0.1) is 0 Å². The molecule has 1 fully saturated rings. The lowest BCUT2D eigenvalue weighted by molar-refractivity contribution is -0.132. The maximum absolute atomic E-state index is 11.8. The van der Waals surface area contributed by atoms with Gasteiger partial charge in [0.25, 0.3) is 0 Å². The quantitative estimate of drug-likeness (QED) is 0.675. The normalized spacial score (nSPS) is 18.6. The van der Waals surface area contributed by atoms with Crippen LogP contribution in [0.1, 0.15) is 26.7 Å². The van der Waals surface area contributed by atoms with Crippen LogP contribution in [0, 0.1) is 0 Å². The van der Waals surface area contributed by atoms with E-state index in [-0.39, 0.29) is 0 Å². The smallest absolute Gasteiger partial charge is 0.246 e. The van der Waals surface area contributed by atoms with E-state index in [2.05, 4.69) is 0 Å². The summed E-state index contributed by atoms with van der Waals surface area (Å²) in [5.41, 5.74) is 0. The van der Waals surface area contributed by atoms with E-state index in [1.54, 1.807) is 4.90 Å². The Morgan fingerprint density at radius 2 is 1.71 bits per heavy atom. The third kappa shape index (κ3) is 2.03. The minimum atomic E-state index is -3.86. The summed E-state index contributed by atoms with van der Waals surface area (Å²) in [5.74, 6) is -0.398. The van der Waals surface area contributed by atoms with Gasteiger partial charge in [-0.3, -0.25) is 4.79 Å². The Hall–Kier alpha value is -0.290. The Morgan fingerprint density at radius 3 is 2.07 bits per heavy atom. The predicted octanol–water partition coefficient (Wildman–Crippen LogP) is 0.956. The molecule has 0 bridgehead atoms. The fourth-order valence-electron chi connectivity index (χ4n) is 1.41. The van der Waals surface area contributed by atoms with Crippen LogP contribution in [0.5, 0.6) is 0 Å². The highest BCUT2D eigenvalue weighted by Gasteiger charge is 2.43. The van der Waals surface area contributed by atoms with Gasteiger partial charge >= 0.3 is 0 Å². The SMILES string of the molecule is CC(C)(C(=O)N1CCCC1)S(=O)(=O)Cl. The van der Waals surface area contributed by atoms with Crippen molar-refractivity contribution in [3.63, 3.8) is 0 Å². The van der Waals surface area contributed by atoms with Gasteiger partial charge < -0.3 is 4.90 Å². The molecule has 1 aliphatic rings. The summed E-state index contributed by atoms with van der Waals surface area (Å²) < 4.78 is 20.8. The third-order valence-corrected chi connectivity index (χ3v) is 5.07. The number of amides is 1. The number of halogens is 1. The van der Waals surface area contributed by atoms with E-state index in [0.717, 1.165) is 12.8 Å². The molecular weight excluding hydrogens is 226 g/mol. The molecule has 14 heavy (non-hydrogen) atoms. The summed E-state index contributed by atoms with van der Waals surface area (Å²) in [6.45, 7) is 3.95. The molecule has 0 atom stereocenters. The second-order valence-electron chi connectivity index (χ2n) is 3.95. The van der Waals surface area contributed by atoms with Crippen LogP contribution in [0.15, 0.2) is 0 Å². The van der Waals surface area contributed by atoms with Gasteiger partial charge in [-0.05, 0) is 26.7 Å². The first-order chi connectivity index (χ1) is 6.27. The molecule has 0 N–H and O–H groups in total. The molecule has 1 saturated heterocycles. The molecule has 0 spiro atoms. The standard InChI is InChI=1S/C8H14ClNO3S/c1-8(2,14(9,12)13)7(11)10-5-3-4-6-10/h3-6H2,1-2H3. The maximum Gasteiger partial charge on any atom is 0.246 e. The Labute approximate surface area is 88.6 Å². The largest absolute Gasteiger partial charge is 0.341 e. The first kappa shape index (κ1) is 11.8. The van der Waals surface area contributed by atoms with Crippen LogP contribution in [0.2, 0.25) is 0 Å². The topological polar surface area (TPSA) is 54.5 Å². The van der Waals surface area contributed by atoms with E-state index in [1.807, 2.05) is 0 Å². The number of hydrogen-bond acceptors (Lipinski definition) is 3. The van der Waals surface area contributed by atoms with E-state index in [4.69, 9.17) is 10.7 Å². The molecule has 0 aromatic rings. The van der Waals surface area contributed by atoms with Crippen molar-refractivity contribution in [1.29, 1.82) is 0 Å². The molecule has 0 aromatic heterocycles. The zero-order valence-corrected chi connectivity index (χ0v) is 9.86. The van der Waals surface area contributed by atoms with Crippen LogP contribution in [-0.4, -0.2) is 37.1 Å². The average molecular weight is 240 g/mol. The van der Waals surface area contributed by atoms with E-state index in [9.17, 15) is 13.2 Å². The molecular formula is C8H14ClNO3S. The molecule has 0 aromatic carbocycles. The van der Waals surface area contributed by atoms with Crippen molar-refractivity contribution >= 4 is 25.6 Å². The van der Waals surface area contributed by atoms with Gasteiger partial charge in [-0.1, -0.05) is 0 Å². The Balaban J connectivity index is 2.87. The molecule has 0 radical (unpaired) electrons. The molecule has 4 nitrogen and oxygen atoms in total. The molecule has 0 saturated carbocycles. The van der Waals surface area contributed by atoms with Crippen LogP contribution < -0.4 is 0 Å². The minimum Gasteiger partial charge on any atom is -0.341 e. The average Bonchev–Trinajstić information content (AvgIpc) is 2.52. The van der Waals surface area contributed by atoms with Gasteiger partial charge in [0.05, 0.1) is 0 Å². The van der Waals surface area contributed by atoms with Crippen molar-refractivity contribution < 1.29 is 13.2 Å². The number of carbonyl (C=O) groups excluding carboxylic acids is 1. The van der Waals surface area contributed by atoms with Crippen LogP contribution in [-0.2, 0) is 13.8 Å². The lowest BCUT2D eigenvalue weighted by Gasteiger charge is -2.26. The number of carbonyl (C=O) groups is 1. The zero-order valence-electron chi connectivity index (χ0n) is 8.29. The highest BCUT2D eigenvalue weighted by molar-refractivity contribution is 8.15. The number of nitrogens with zero attached hydrogens (tertiary/aromatic N) is 1. The monoisotopic (exact) mass is 239 g/mol. The van der Waals surface area contributed by atoms with Gasteiger partial charge in [-0.2, -0.15) is 0 Å². The Bertz CT molecular complexity index is 330. The molecule has 1 amide bonds. The van der Waals surface area contributed by atoms with E-state index >= 15 is 0 Å². The van der Waals surface area contributed by atoms with Crippen molar-refractivity contribution in [2.24, 2.45) is 0 Å². The number of rotatable bonds is 2. The molecule has 1 heterocycles. The minimum absolute atomic E-state index is 0.398. The zero-order chi connectivity index (χ0) is 11.0. The highest BCUT2D eigenvalue weighted by Crippen LogP contribution is 2.25. The number of hydrogen-bond donors (Lipinski definition) is 0. The molecule has 0 unspecified atom stereocenters. The summed E-state index contributed by atoms with van der Waals surface area (Å²) in [6.07, 6.45) is 1.87. The van der Waals surface area contributed by atoms with Crippen LogP contribution in [0.3, 0.4) is 0 Å². The van der Waals surface area contributed by atoms with Gasteiger partial charge in [0, 0.05) is 23.8 Å². The predicted molar refractivity (Wildman–Crippen MR) is 54.7 cm³/mol. The molecule has 0 aliphatic carbocycles. The fourth-order valence-corrected chi connectivity index (χ4v) is 1.94. The van der Waals surface area contributed by atoms with E-state index in [0.29, 0.717) is 13.1 Å². The van der Waals surface area contributed by atoms with Gasteiger partial charge in [0.1, 0.15) is 0 Å². The van der Waals surface area contributed by atoms with Crippen molar-refractivity contribution in [3.05, 3.63) is 0 Å². The van der Waals surface area contributed by atoms with Crippen LogP contribution in [0.25, 0.3) is 0 Å². The maximum atomic E-state index is 11.8. The summed E-state index contributed by atoms with van der Waals surface area (Å²) in [4.78, 5) is 13.3. The van der Waals surface area contributed by atoms with Gasteiger partial charge in [0.2, 0.25) is 15.0 Å². The van der Waals surface area contributed by atoms with Gasteiger partial charge in [-0.25, -0.2) is 8.42 Å². The summed E-state index contributed by atoms with van der Waals surface area (Å²) in [5, 5.41) is 0. The molecule has 6 heteroatoms. The molecule has 1 aliphatic heterocycles.